The molecule has 0 radical (unpaired) electrons. The lowest BCUT2D eigenvalue weighted by atomic mass is 9.93. The normalized spacial score (nSPS) is 11.3. The molecule has 0 amide bonds. The quantitative estimate of drug-likeness (QED) is 0.280. The molecule has 8 heteroatoms. The molecule has 0 bridgehead atoms. The summed E-state index contributed by atoms with van der Waals surface area (Å²) in [5.74, 6) is 1.43. The molecule has 0 saturated carbocycles. The van der Waals surface area contributed by atoms with Gasteiger partial charge in [0.25, 0.3) is 0 Å². The highest BCUT2D eigenvalue weighted by atomic mass is 35.5. The largest absolute Gasteiger partial charge is 0.337 e. The van der Waals surface area contributed by atoms with Gasteiger partial charge in [-0.15, -0.1) is 0 Å². The first-order chi connectivity index (χ1) is 16.9. The van der Waals surface area contributed by atoms with E-state index >= 15 is 0 Å². The van der Waals surface area contributed by atoms with Crippen molar-refractivity contribution >= 4 is 46.2 Å². The fourth-order valence-corrected chi connectivity index (χ4v) is 3.19. The first kappa shape index (κ1) is 27.4. The number of halogens is 2. The Morgan fingerprint density at radius 3 is 1.47 bits per heavy atom. The third-order valence-corrected chi connectivity index (χ3v) is 5.71. The summed E-state index contributed by atoms with van der Waals surface area (Å²) < 4.78 is 0. The molecule has 0 spiro atoms. The zero-order valence-corrected chi connectivity index (χ0v) is 23.0. The second-order valence-electron chi connectivity index (χ2n) is 10.3. The molecule has 0 atom stereocenters. The number of rotatable bonds is 4. The van der Waals surface area contributed by atoms with E-state index in [1.165, 1.54) is 0 Å². The average Bonchev–Trinajstić information content (AvgIpc) is 2.82. The lowest BCUT2D eigenvalue weighted by Crippen LogP contribution is -2.16. The number of nitrogens with zero attached hydrogens (tertiary/aromatic N) is 4. The molecule has 6 nitrogen and oxygen atoms in total. The van der Waals surface area contributed by atoms with Crippen molar-refractivity contribution < 1.29 is 0 Å². The molecular weight excluding hydrogens is 491 g/mol. The van der Waals surface area contributed by atoms with Crippen molar-refractivity contribution in [3.8, 4) is 0 Å². The second kappa shape index (κ2) is 11.7. The predicted molar refractivity (Wildman–Crippen MR) is 151 cm³/mol. The highest BCUT2D eigenvalue weighted by molar-refractivity contribution is 6.40. The van der Waals surface area contributed by atoms with Crippen molar-refractivity contribution in [2.24, 2.45) is 0 Å². The van der Waals surface area contributed by atoms with Crippen molar-refractivity contribution in [3.63, 3.8) is 0 Å². The Morgan fingerprint density at radius 2 is 1.00 bits per heavy atom. The van der Waals surface area contributed by atoms with E-state index in [-0.39, 0.29) is 21.1 Å². The third-order valence-electron chi connectivity index (χ3n) is 5.07. The summed E-state index contributed by atoms with van der Waals surface area (Å²) >= 11 is 11.3. The maximum atomic E-state index is 5.71. The molecule has 2 heterocycles. The lowest BCUT2D eigenvalue weighted by Gasteiger charge is -2.20. The predicted octanol–water partition coefficient (Wildman–Crippen LogP) is 8.34. The first-order valence-corrected chi connectivity index (χ1v) is 12.4. The number of nitrogens with one attached hydrogen (secondary N) is 2. The van der Waals surface area contributed by atoms with Crippen molar-refractivity contribution in [1.82, 2.24) is 19.9 Å². The first-order valence-electron chi connectivity index (χ1n) is 11.6. The molecule has 0 aliphatic rings. The molecule has 2 aromatic carbocycles. The zero-order valence-electron chi connectivity index (χ0n) is 21.5. The van der Waals surface area contributed by atoms with Crippen molar-refractivity contribution in [1.29, 1.82) is 0 Å². The maximum Gasteiger partial charge on any atom is 0.174 e. The van der Waals surface area contributed by atoms with Gasteiger partial charge in [0.15, 0.2) is 21.9 Å². The Labute approximate surface area is 223 Å². The number of para-hydroxylation sites is 2. The van der Waals surface area contributed by atoms with Crippen molar-refractivity contribution in [2.75, 3.05) is 10.6 Å². The van der Waals surface area contributed by atoms with Gasteiger partial charge in [-0.1, -0.05) is 101 Å². The zero-order chi connectivity index (χ0) is 26.3. The maximum absolute atomic E-state index is 5.71. The molecule has 36 heavy (non-hydrogen) atoms. The van der Waals surface area contributed by atoms with Crippen LogP contribution < -0.4 is 10.6 Å². The molecule has 4 aromatic rings. The van der Waals surface area contributed by atoms with Crippen LogP contribution in [-0.4, -0.2) is 19.9 Å². The monoisotopic (exact) mass is 522 g/mol. The summed E-state index contributed by atoms with van der Waals surface area (Å²) in [6.07, 6.45) is 3.48. The molecule has 2 aromatic heterocycles. The van der Waals surface area contributed by atoms with Gasteiger partial charge in [-0.2, -0.15) is 0 Å². The van der Waals surface area contributed by atoms with Gasteiger partial charge >= 0.3 is 0 Å². The van der Waals surface area contributed by atoms with Crippen LogP contribution in [0.25, 0.3) is 0 Å². The summed E-state index contributed by atoms with van der Waals surface area (Å²) in [7, 11) is 0. The van der Waals surface area contributed by atoms with Crippen LogP contribution in [0.15, 0.2) is 73.1 Å². The van der Waals surface area contributed by atoms with Crippen LogP contribution in [0.2, 0.25) is 10.3 Å². The highest BCUT2D eigenvalue weighted by Gasteiger charge is 2.19. The van der Waals surface area contributed by atoms with Gasteiger partial charge in [-0.3, -0.25) is 0 Å². The van der Waals surface area contributed by atoms with E-state index in [0.29, 0.717) is 5.82 Å². The minimum atomic E-state index is -0.0641. The topological polar surface area (TPSA) is 75.6 Å². The molecular formula is C28H32Cl2N6. The lowest BCUT2D eigenvalue weighted by molar-refractivity contribution is 0.565. The Bertz CT molecular complexity index is 1270. The molecule has 0 aliphatic heterocycles. The van der Waals surface area contributed by atoms with Gasteiger partial charge in [0.05, 0.1) is 23.8 Å². The van der Waals surface area contributed by atoms with Gasteiger partial charge in [0, 0.05) is 22.2 Å². The van der Waals surface area contributed by atoms with Gasteiger partial charge in [-0.25, -0.2) is 19.9 Å². The van der Waals surface area contributed by atoms with Crippen LogP contribution >= 0.6 is 23.2 Å². The Kier molecular flexibility index (Phi) is 8.88. The van der Waals surface area contributed by atoms with Crippen molar-refractivity contribution in [3.05, 3.63) is 94.8 Å². The molecule has 4 rings (SSSR count). The van der Waals surface area contributed by atoms with Gasteiger partial charge < -0.3 is 10.6 Å². The van der Waals surface area contributed by atoms with Crippen molar-refractivity contribution in [2.45, 2.75) is 52.4 Å². The second-order valence-corrected chi connectivity index (χ2v) is 11.0. The standard InChI is InChI=1S/C20H22N4.C8H10Cl2N2/c1-20(2,3)17-14-21-18(22-15-10-6-4-7-11-15)19(24-17)23-16-12-8-5-9-13-16;1-8(2,3)5-4-11-6(9)7(10)12-5/h4-14H,1-3H3,(H,21,22)(H,23,24);4H,1-3H3. The number of anilines is 4. The van der Waals surface area contributed by atoms with E-state index in [1.807, 2.05) is 87.6 Å². The number of aromatic nitrogens is 4. The summed E-state index contributed by atoms with van der Waals surface area (Å²) in [6, 6.07) is 20.0. The molecule has 0 fully saturated rings. The van der Waals surface area contributed by atoms with Gasteiger partial charge in [0.1, 0.15) is 0 Å². The van der Waals surface area contributed by atoms with Crippen LogP contribution in [0.5, 0.6) is 0 Å². The van der Waals surface area contributed by atoms with E-state index in [0.717, 1.165) is 28.6 Å². The molecule has 0 aliphatic carbocycles. The molecule has 188 valence electrons. The van der Waals surface area contributed by atoms with E-state index in [9.17, 15) is 0 Å². The van der Waals surface area contributed by atoms with Crippen LogP contribution in [0.1, 0.15) is 52.9 Å². The van der Waals surface area contributed by atoms with E-state index in [4.69, 9.17) is 28.2 Å². The Hall–Kier alpha value is -3.22. The van der Waals surface area contributed by atoms with E-state index in [2.05, 4.69) is 46.4 Å². The average molecular weight is 524 g/mol. The van der Waals surface area contributed by atoms with Crippen LogP contribution in [0, 0.1) is 0 Å². The van der Waals surface area contributed by atoms with Crippen LogP contribution in [0.3, 0.4) is 0 Å². The Morgan fingerprint density at radius 1 is 0.556 bits per heavy atom. The van der Waals surface area contributed by atoms with E-state index < -0.39 is 0 Å². The number of hydrogen-bond donors (Lipinski definition) is 2. The molecule has 0 saturated heterocycles. The molecule has 2 N–H and O–H groups in total. The Balaban J connectivity index is 0.000000253. The van der Waals surface area contributed by atoms with E-state index in [1.54, 1.807) is 6.20 Å². The number of benzene rings is 2. The van der Waals surface area contributed by atoms with Gasteiger partial charge in [0.2, 0.25) is 0 Å². The SMILES string of the molecule is CC(C)(C)c1cnc(Cl)c(Cl)n1.CC(C)(C)c1cnc(Nc2ccccc2)c(Nc2ccccc2)n1. The fourth-order valence-electron chi connectivity index (χ4n) is 2.96. The molecule has 0 unspecified atom stereocenters. The summed E-state index contributed by atoms with van der Waals surface area (Å²) in [5, 5.41) is 7.23. The smallest absolute Gasteiger partial charge is 0.174 e. The highest BCUT2D eigenvalue weighted by Crippen LogP contribution is 2.28. The fraction of sp³-hybridized carbons (Fsp3) is 0.286. The third kappa shape index (κ3) is 7.90. The van der Waals surface area contributed by atoms with Crippen LogP contribution in [0.4, 0.5) is 23.0 Å². The number of hydrogen-bond acceptors (Lipinski definition) is 6. The van der Waals surface area contributed by atoms with Crippen LogP contribution in [-0.2, 0) is 10.8 Å². The van der Waals surface area contributed by atoms with Gasteiger partial charge in [-0.05, 0) is 24.3 Å². The summed E-state index contributed by atoms with van der Waals surface area (Å²) in [4.78, 5) is 17.4. The minimum absolute atomic E-state index is 0.0404. The minimum Gasteiger partial charge on any atom is -0.337 e. The summed E-state index contributed by atoms with van der Waals surface area (Å²) in [6.45, 7) is 12.5. The summed E-state index contributed by atoms with van der Waals surface area (Å²) in [5.41, 5.74) is 3.64.